The summed E-state index contributed by atoms with van der Waals surface area (Å²) in [6.45, 7) is 0.308. The van der Waals surface area contributed by atoms with Crippen molar-refractivity contribution in [2.75, 3.05) is 14.2 Å². The Balaban J connectivity index is 2.54. The first-order valence-corrected chi connectivity index (χ1v) is 4.68. The van der Waals surface area contributed by atoms with Crippen LogP contribution in [0, 0.1) is 0 Å². The molecule has 0 atom stereocenters. The van der Waals surface area contributed by atoms with Crippen LogP contribution in [-0.2, 0) is 16.1 Å². The summed E-state index contributed by atoms with van der Waals surface area (Å²) < 4.78 is 11.0. The molecule has 2 rings (SSSR count). The summed E-state index contributed by atoms with van der Waals surface area (Å²) in [5, 5.41) is 4.15. The number of nitrogens with zero attached hydrogens (tertiary/aromatic N) is 3. The average molecular weight is 221 g/mol. The molecular weight excluding hydrogens is 210 g/mol. The van der Waals surface area contributed by atoms with Crippen LogP contribution >= 0.6 is 0 Å². The van der Waals surface area contributed by atoms with Gasteiger partial charge >= 0.3 is 5.97 Å². The number of methoxy groups -OCH3 is 2. The van der Waals surface area contributed by atoms with Gasteiger partial charge in [-0.15, -0.1) is 5.10 Å². The average Bonchev–Trinajstić information content (AvgIpc) is 2.70. The zero-order chi connectivity index (χ0) is 11.5. The number of hydrogen-bond acceptors (Lipinski definition) is 5. The van der Waals surface area contributed by atoms with E-state index in [-0.39, 0.29) is 0 Å². The lowest BCUT2D eigenvalue weighted by atomic mass is 10.3. The minimum absolute atomic E-state index is 0.308. The maximum atomic E-state index is 11.5. The summed E-state index contributed by atoms with van der Waals surface area (Å²) >= 11 is 0. The molecule has 0 saturated heterocycles. The molecular formula is C10H11N3O3. The molecule has 2 heterocycles. The van der Waals surface area contributed by atoms with Gasteiger partial charge in [-0.1, -0.05) is 6.07 Å². The highest BCUT2D eigenvalue weighted by Crippen LogP contribution is 2.07. The number of rotatable bonds is 3. The van der Waals surface area contributed by atoms with Crippen LogP contribution in [0.1, 0.15) is 16.3 Å². The molecule has 0 fully saturated rings. The second-order valence-corrected chi connectivity index (χ2v) is 3.13. The van der Waals surface area contributed by atoms with Crippen molar-refractivity contribution < 1.29 is 14.3 Å². The molecule has 0 saturated carbocycles. The first-order valence-electron chi connectivity index (χ1n) is 4.68. The minimum Gasteiger partial charge on any atom is -0.464 e. The summed E-state index contributed by atoms with van der Waals surface area (Å²) in [6.07, 6.45) is 0. The Morgan fingerprint density at radius 1 is 1.44 bits per heavy atom. The maximum absolute atomic E-state index is 11.5. The maximum Gasteiger partial charge on any atom is 0.356 e. The molecule has 0 aliphatic carbocycles. The summed E-state index contributed by atoms with van der Waals surface area (Å²) in [5.41, 5.74) is 0.935. The van der Waals surface area contributed by atoms with Crippen LogP contribution in [-0.4, -0.2) is 34.8 Å². The van der Waals surface area contributed by atoms with Gasteiger partial charge in [-0.05, 0) is 12.1 Å². The summed E-state index contributed by atoms with van der Waals surface area (Å²) in [5.74, 6) is 0.0818. The Morgan fingerprint density at radius 2 is 2.25 bits per heavy atom. The van der Waals surface area contributed by atoms with E-state index in [0.29, 0.717) is 23.8 Å². The van der Waals surface area contributed by atoms with Crippen LogP contribution in [0.5, 0.6) is 0 Å². The molecule has 0 spiro atoms. The molecule has 0 aliphatic heterocycles. The predicted molar refractivity (Wildman–Crippen MR) is 55.0 cm³/mol. The molecule has 0 amide bonds. The van der Waals surface area contributed by atoms with Gasteiger partial charge in [0.2, 0.25) is 0 Å². The van der Waals surface area contributed by atoms with Crippen LogP contribution in [0.2, 0.25) is 0 Å². The second-order valence-electron chi connectivity index (χ2n) is 3.13. The fourth-order valence-electron chi connectivity index (χ4n) is 1.40. The van der Waals surface area contributed by atoms with Gasteiger partial charge in [0.1, 0.15) is 6.61 Å². The van der Waals surface area contributed by atoms with E-state index in [1.807, 2.05) is 0 Å². The first kappa shape index (κ1) is 10.6. The normalized spacial score (nSPS) is 10.6. The molecule has 0 unspecified atom stereocenters. The fourth-order valence-corrected chi connectivity index (χ4v) is 1.40. The van der Waals surface area contributed by atoms with Crippen molar-refractivity contribution in [1.82, 2.24) is 14.6 Å². The van der Waals surface area contributed by atoms with Gasteiger partial charge < -0.3 is 9.47 Å². The summed E-state index contributed by atoms with van der Waals surface area (Å²) in [7, 11) is 2.89. The molecule has 0 radical (unpaired) electrons. The van der Waals surface area contributed by atoms with Crippen molar-refractivity contribution in [1.29, 1.82) is 0 Å². The Morgan fingerprint density at radius 3 is 2.94 bits per heavy atom. The Bertz CT molecular complexity index is 521. The van der Waals surface area contributed by atoms with E-state index in [1.165, 1.54) is 11.6 Å². The van der Waals surface area contributed by atoms with Gasteiger partial charge in [0.25, 0.3) is 0 Å². The Hall–Kier alpha value is -1.95. The monoisotopic (exact) mass is 221 g/mol. The minimum atomic E-state index is -0.445. The number of carbonyl (C=O) groups excluding carboxylic acids is 1. The van der Waals surface area contributed by atoms with Gasteiger partial charge in [-0.2, -0.15) is 0 Å². The molecule has 2 aromatic rings. The third kappa shape index (κ3) is 1.74. The van der Waals surface area contributed by atoms with Crippen molar-refractivity contribution in [3.63, 3.8) is 0 Å². The smallest absolute Gasteiger partial charge is 0.356 e. The molecule has 6 nitrogen and oxygen atoms in total. The summed E-state index contributed by atoms with van der Waals surface area (Å²) in [4.78, 5) is 15.7. The number of aromatic nitrogens is 3. The molecule has 0 N–H and O–H groups in total. The standard InChI is InChI=1S/C10H11N3O3/c1-15-6-8-11-9-5-3-4-7(10(14)16-2)13(9)12-8/h3-5H,6H2,1-2H3. The Kier molecular flexibility index (Phi) is 2.82. The molecule has 16 heavy (non-hydrogen) atoms. The quantitative estimate of drug-likeness (QED) is 0.712. The number of fused-ring (bicyclic) bond motifs is 1. The van der Waals surface area contributed by atoms with Crippen LogP contribution in [0.25, 0.3) is 5.65 Å². The number of hydrogen-bond donors (Lipinski definition) is 0. The molecule has 0 aliphatic rings. The van der Waals surface area contributed by atoms with Crippen LogP contribution in [0.4, 0.5) is 0 Å². The number of pyridine rings is 1. The molecule has 0 bridgehead atoms. The Labute approximate surface area is 91.8 Å². The van der Waals surface area contributed by atoms with Gasteiger partial charge in [0, 0.05) is 7.11 Å². The van der Waals surface area contributed by atoms with Gasteiger partial charge in [0.05, 0.1) is 7.11 Å². The van der Waals surface area contributed by atoms with Gasteiger partial charge in [0.15, 0.2) is 17.2 Å². The SMILES string of the molecule is COCc1nc2cccc(C(=O)OC)n2n1. The second kappa shape index (κ2) is 4.28. The van der Waals surface area contributed by atoms with Crippen molar-refractivity contribution in [3.8, 4) is 0 Å². The van der Waals surface area contributed by atoms with E-state index in [4.69, 9.17) is 4.74 Å². The highest BCUT2D eigenvalue weighted by molar-refractivity contribution is 5.88. The van der Waals surface area contributed by atoms with E-state index in [1.54, 1.807) is 25.3 Å². The van der Waals surface area contributed by atoms with E-state index in [2.05, 4.69) is 14.8 Å². The van der Waals surface area contributed by atoms with Crippen LogP contribution < -0.4 is 0 Å². The zero-order valence-electron chi connectivity index (χ0n) is 9.01. The van der Waals surface area contributed by atoms with Crippen molar-refractivity contribution in [2.24, 2.45) is 0 Å². The molecule has 0 aromatic carbocycles. The van der Waals surface area contributed by atoms with E-state index >= 15 is 0 Å². The molecule has 6 heteroatoms. The lowest BCUT2D eigenvalue weighted by molar-refractivity contribution is 0.0590. The lowest BCUT2D eigenvalue weighted by Crippen LogP contribution is -2.08. The van der Waals surface area contributed by atoms with E-state index in [9.17, 15) is 4.79 Å². The van der Waals surface area contributed by atoms with Gasteiger partial charge in [-0.3, -0.25) is 0 Å². The van der Waals surface area contributed by atoms with Crippen molar-refractivity contribution in [3.05, 3.63) is 29.7 Å². The van der Waals surface area contributed by atoms with Crippen LogP contribution in [0.15, 0.2) is 18.2 Å². The predicted octanol–water partition coefficient (Wildman–Crippen LogP) is 0.662. The van der Waals surface area contributed by atoms with Gasteiger partial charge in [-0.25, -0.2) is 14.3 Å². The van der Waals surface area contributed by atoms with Crippen molar-refractivity contribution >= 4 is 11.6 Å². The topological polar surface area (TPSA) is 65.7 Å². The highest BCUT2D eigenvalue weighted by atomic mass is 16.5. The zero-order valence-corrected chi connectivity index (χ0v) is 9.01. The number of carbonyl (C=O) groups is 1. The molecule has 2 aromatic heterocycles. The number of esters is 1. The summed E-state index contributed by atoms with van der Waals surface area (Å²) in [6, 6.07) is 5.12. The highest BCUT2D eigenvalue weighted by Gasteiger charge is 2.12. The fraction of sp³-hybridized carbons (Fsp3) is 0.300. The molecule has 84 valence electrons. The first-order chi connectivity index (χ1) is 7.76. The third-order valence-corrected chi connectivity index (χ3v) is 2.07. The van der Waals surface area contributed by atoms with Crippen molar-refractivity contribution in [2.45, 2.75) is 6.61 Å². The number of ether oxygens (including phenoxy) is 2. The van der Waals surface area contributed by atoms with E-state index < -0.39 is 5.97 Å². The van der Waals surface area contributed by atoms with E-state index in [0.717, 1.165) is 0 Å². The van der Waals surface area contributed by atoms with Crippen LogP contribution in [0.3, 0.4) is 0 Å². The largest absolute Gasteiger partial charge is 0.464 e. The third-order valence-electron chi connectivity index (χ3n) is 2.07. The lowest BCUT2D eigenvalue weighted by Gasteiger charge is -2.00.